The Morgan fingerprint density at radius 1 is 1.11 bits per heavy atom. The molecular weight excluding hydrogens is 427 g/mol. The number of hydrogen-bond acceptors (Lipinski definition) is 6. The van der Waals surface area contributed by atoms with Gasteiger partial charge in [-0.05, 0) is 42.7 Å². The van der Waals surface area contributed by atoms with Crippen LogP contribution in [0.15, 0.2) is 46.4 Å². The summed E-state index contributed by atoms with van der Waals surface area (Å²) in [4.78, 5) is 10.6. The van der Waals surface area contributed by atoms with E-state index in [4.69, 9.17) is 23.2 Å². The van der Waals surface area contributed by atoms with Gasteiger partial charge in [0, 0.05) is 19.2 Å². The third-order valence-electron chi connectivity index (χ3n) is 4.21. The molecule has 0 bridgehead atoms. The Hall–Kier alpha value is -2.20. The lowest BCUT2D eigenvalue weighted by molar-refractivity contribution is -0.384. The van der Waals surface area contributed by atoms with Crippen molar-refractivity contribution >= 4 is 50.8 Å². The highest BCUT2D eigenvalue weighted by Crippen LogP contribution is 2.30. The number of hydrazone groups is 1. The number of halogens is 2. The summed E-state index contributed by atoms with van der Waals surface area (Å²) in [5, 5.41) is 16.1. The predicted molar refractivity (Wildman–Crippen MR) is 109 cm³/mol. The van der Waals surface area contributed by atoms with Crippen LogP contribution in [0.2, 0.25) is 10.0 Å². The second-order valence-electron chi connectivity index (χ2n) is 6.09. The van der Waals surface area contributed by atoms with Crippen molar-refractivity contribution in [3.63, 3.8) is 0 Å². The van der Waals surface area contributed by atoms with Gasteiger partial charge in [-0.1, -0.05) is 29.3 Å². The first kappa shape index (κ1) is 20.5. The minimum atomic E-state index is -3.75. The summed E-state index contributed by atoms with van der Waals surface area (Å²) in [5.74, 6) is 0. The van der Waals surface area contributed by atoms with Gasteiger partial charge in [-0.3, -0.25) is 15.5 Å². The average Bonchev–Trinajstić information content (AvgIpc) is 3.20. The number of anilines is 1. The number of nitro groups is 1. The molecule has 0 atom stereocenters. The summed E-state index contributed by atoms with van der Waals surface area (Å²) in [5.41, 5.74) is 2.89. The van der Waals surface area contributed by atoms with Crippen LogP contribution in [0.3, 0.4) is 0 Å². The van der Waals surface area contributed by atoms with Gasteiger partial charge in [0.2, 0.25) is 10.0 Å². The van der Waals surface area contributed by atoms with Crippen molar-refractivity contribution in [3.05, 3.63) is 62.1 Å². The molecule has 148 valence electrons. The fraction of sp³-hybridized carbons (Fsp3) is 0.235. The van der Waals surface area contributed by atoms with Crippen LogP contribution in [-0.2, 0) is 10.0 Å². The van der Waals surface area contributed by atoms with Crippen molar-refractivity contribution in [2.75, 3.05) is 18.5 Å². The van der Waals surface area contributed by atoms with Crippen LogP contribution in [0, 0.1) is 10.1 Å². The number of nitro benzene ring substituents is 1. The Morgan fingerprint density at radius 3 is 2.46 bits per heavy atom. The molecule has 1 saturated heterocycles. The van der Waals surface area contributed by atoms with Crippen molar-refractivity contribution in [1.82, 2.24) is 4.31 Å². The second-order valence-corrected chi connectivity index (χ2v) is 8.84. The predicted octanol–water partition coefficient (Wildman–Crippen LogP) is 4.13. The average molecular weight is 443 g/mol. The molecular formula is C17H16Cl2N4O4S. The van der Waals surface area contributed by atoms with Crippen LogP contribution in [0.5, 0.6) is 0 Å². The highest BCUT2D eigenvalue weighted by atomic mass is 35.5. The Morgan fingerprint density at radius 2 is 1.82 bits per heavy atom. The van der Waals surface area contributed by atoms with Gasteiger partial charge in [0.25, 0.3) is 5.69 Å². The van der Waals surface area contributed by atoms with Crippen molar-refractivity contribution in [1.29, 1.82) is 0 Å². The first-order chi connectivity index (χ1) is 13.3. The van der Waals surface area contributed by atoms with Gasteiger partial charge >= 0.3 is 0 Å². The number of nitrogens with zero attached hydrogens (tertiary/aromatic N) is 3. The van der Waals surface area contributed by atoms with E-state index in [0.717, 1.165) is 18.9 Å². The largest absolute Gasteiger partial charge is 0.295 e. The molecule has 0 aliphatic carbocycles. The highest BCUT2D eigenvalue weighted by molar-refractivity contribution is 7.89. The maximum Gasteiger partial charge on any atom is 0.295 e. The minimum Gasteiger partial charge on any atom is -0.272 e. The normalized spacial score (nSPS) is 15.2. The monoisotopic (exact) mass is 442 g/mol. The maximum atomic E-state index is 12.6. The van der Waals surface area contributed by atoms with Gasteiger partial charge in [-0.25, -0.2) is 8.42 Å². The maximum absolute atomic E-state index is 12.6. The minimum absolute atomic E-state index is 0.0710. The zero-order chi connectivity index (χ0) is 20.3. The van der Waals surface area contributed by atoms with E-state index in [9.17, 15) is 18.5 Å². The molecule has 1 aliphatic rings. The Bertz CT molecular complexity index is 1040. The zero-order valence-corrected chi connectivity index (χ0v) is 16.8. The van der Waals surface area contributed by atoms with Crippen LogP contribution in [-0.4, -0.2) is 37.0 Å². The molecule has 28 heavy (non-hydrogen) atoms. The molecule has 0 spiro atoms. The number of benzene rings is 2. The van der Waals surface area contributed by atoms with Gasteiger partial charge in [0.15, 0.2) is 0 Å². The Balaban J connectivity index is 1.84. The van der Waals surface area contributed by atoms with E-state index in [1.807, 2.05) is 0 Å². The van der Waals surface area contributed by atoms with E-state index in [1.54, 1.807) is 18.2 Å². The molecule has 1 aliphatic heterocycles. The lowest BCUT2D eigenvalue weighted by Gasteiger charge is -2.15. The third-order valence-corrected chi connectivity index (χ3v) is 6.84. The topological polar surface area (TPSA) is 105 Å². The van der Waals surface area contributed by atoms with Crippen LogP contribution >= 0.6 is 23.2 Å². The Labute approximate surface area is 172 Å². The number of sulfonamides is 1. The molecule has 8 nitrogen and oxygen atoms in total. The SMILES string of the molecule is O=[N+]([O-])c1cc(S(=O)(=O)N2CCCC2)ccc1N/N=C\c1ccc(Cl)c(Cl)c1. The highest BCUT2D eigenvalue weighted by Gasteiger charge is 2.29. The lowest BCUT2D eigenvalue weighted by Crippen LogP contribution is -2.27. The standard InChI is InChI=1S/C17H16Cl2N4O4S/c18-14-5-3-12(9-15(14)19)11-20-21-16-6-4-13(10-17(16)23(24)25)28(26,27)22-7-1-2-8-22/h3-6,9-11,21H,1-2,7-8H2/b20-11-. The van der Waals surface area contributed by atoms with E-state index >= 15 is 0 Å². The molecule has 0 radical (unpaired) electrons. The van der Waals surface area contributed by atoms with E-state index in [0.29, 0.717) is 28.7 Å². The lowest BCUT2D eigenvalue weighted by atomic mass is 10.2. The van der Waals surface area contributed by atoms with Gasteiger partial charge in [-0.2, -0.15) is 9.41 Å². The molecule has 3 rings (SSSR count). The number of rotatable bonds is 6. The first-order valence-electron chi connectivity index (χ1n) is 8.32. The summed E-state index contributed by atoms with van der Waals surface area (Å²) < 4.78 is 26.6. The van der Waals surface area contributed by atoms with Gasteiger partial charge < -0.3 is 0 Å². The van der Waals surface area contributed by atoms with Gasteiger partial charge in [0.1, 0.15) is 5.69 Å². The first-order valence-corrected chi connectivity index (χ1v) is 10.5. The molecule has 0 saturated carbocycles. The van der Waals surface area contributed by atoms with E-state index in [2.05, 4.69) is 10.5 Å². The molecule has 0 amide bonds. The van der Waals surface area contributed by atoms with Crippen molar-refractivity contribution < 1.29 is 13.3 Å². The van der Waals surface area contributed by atoms with Crippen LogP contribution in [0.25, 0.3) is 0 Å². The summed E-state index contributed by atoms with van der Waals surface area (Å²) in [6, 6.07) is 8.58. The van der Waals surface area contributed by atoms with Crippen LogP contribution in [0.4, 0.5) is 11.4 Å². The quantitative estimate of drug-likeness (QED) is 0.411. The molecule has 2 aromatic carbocycles. The molecule has 1 fully saturated rings. The van der Waals surface area contributed by atoms with E-state index in [-0.39, 0.29) is 16.3 Å². The third kappa shape index (κ3) is 4.44. The van der Waals surface area contributed by atoms with E-state index in [1.165, 1.54) is 22.7 Å². The van der Waals surface area contributed by atoms with E-state index < -0.39 is 14.9 Å². The van der Waals surface area contributed by atoms with Gasteiger partial charge in [0.05, 0.1) is 26.1 Å². The molecule has 1 N–H and O–H groups in total. The molecule has 0 unspecified atom stereocenters. The van der Waals surface area contributed by atoms with Crippen molar-refractivity contribution in [3.8, 4) is 0 Å². The van der Waals surface area contributed by atoms with Crippen LogP contribution < -0.4 is 5.43 Å². The number of nitrogens with one attached hydrogen (secondary N) is 1. The number of hydrogen-bond donors (Lipinski definition) is 1. The smallest absolute Gasteiger partial charge is 0.272 e. The molecule has 11 heteroatoms. The van der Waals surface area contributed by atoms with Crippen molar-refractivity contribution in [2.24, 2.45) is 5.10 Å². The summed E-state index contributed by atoms with van der Waals surface area (Å²) in [6.45, 7) is 0.841. The Kier molecular flexibility index (Phi) is 6.19. The van der Waals surface area contributed by atoms with Crippen LogP contribution in [0.1, 0.15) is 18.4 Å². The fourth-order valence-electron chi connectivity index (χ4n) is 2.76. The zero-order valence-electron chi connectivity index (χ0n) is 14.5. The molecule has 0 aromatic heterocycles. The summed E-state index contributed by atoms with van der Waals surface area (Å²) >= 11 is 11.8. The fourth-order valence-corrected chi connectivity index (χ4v) is 4.61. The summed E-state index contributed by atoms with van der Waals surface area (Å²) in [6.07, 6.45) is 2.98. The molecule has 2 aromatic rings. The molecule has 1 heterocycles. The van der Waals surface area contributed by atoms with Crippen molar-refractivity contribution in [2.45, 2.75) is 17.7 Å². The van der Waals surface area contributed by atoms with Gasteiger partial charge in [-0.15, -0.1) is 0 Å². The second kappa shape index (κ2) is 8.44. The summed E-state index contributed by atoms with van der Waals surface area (Å²) in [7, 11) is -3.75.